The average molecular weight is 595 g/mol. The maximum atomic E-state index is 13.4. The van der Waals surface area contributed by atoms with Crippen LogP contribution >= 0.6 is 69.6 Å². The molecule has 1 aliphatic rings. The van der Waals surface area contributed by atoms with Gasteiger partial charge < -0.3 is 10.6 Å². The lowest BCUT2D eigenvalue weighted by atomic mass is 10.1. The molecule has 11 heteroatoms. The van der Waals surface area contributed by atoms with Crippen LogP contribution in [-0.2, 0) is 4.79 Å². The Kier molecular flexibility index (Phi) is 7.50. The summed E-state index contributed by atoms with van der Waals surface area (Å²) in [5.74, 6) is -2.80. The quantitative estimate of drug-likeness (QED) is 0.230. The Morgan fingerprint density at radius 2 is 1.54 bits per heavy atom. The van der Waals surface area contributed by atoms with Gasteiger partial charge in [0.25, 0.3) is 5.91 Å². The summed E-state index contributed by atoms with van der Waals surface area (Å²) >= 11 is 37.2. The standard InChI is InChI=1S/C24H15Cl6FN2O2/c1-10-6-12(31)2-5-18(10)33-22(34)14-9-13(3-4-15(14)25)32-23(35)20-19(24(20,29)30)11-7-16(26)21(28)17(27)8-11/h2-9,19-20H,1H3,(H,32,35)(H,33,34). The summed E-state index contributed by atoms with van der Waals surface area (Å²) in [5.41, 5.74) is 1.96. The number of amides is 2. The molecule has 182 valence electrons. The molecule has 2 atom stereocenters. The minimum Gasteiger partial charge on any atom is -0.326 e. The zero-order valence-corrected chi connectivity index (χ0v) is 22.3. The van der Waals surface area contributed by atoms with Crippen LogP contribution in [0, 0.1) is 18.7 Å². The zero-order chi connectivity index (χ0) is 25.7. The van der Waals surface area contributed by atoms with E-state index < -0.39 is 33.8 Å². The van der Waals surface area contributed by atoms with Crippen molar-refractivity contribution in [2.75, 3.05) is 10.6 Å². The normalized spacial score (nSPS) is 18.2. The lowest BCUT2D eigenvalue weighted by molar-refractivity contribution is -0.117. The highest BCUT2D eigenvalue weighted by Gasteiger charge is 2.67. The van der Waals surface area contributed by atoms with E-state index in [0.29, 0.717) is 22.5 Å². The van der Waals surface area contributed by atoms with Gasteiger partial charge in [-0.2, -0.15) is 0 Å². The highest BCUT2D eigenvalue weighted by atomic mass is 35.5. The maximum Gasteiger partial charge on any atom is 0.257 e. The van der Waals surface area contributed by atoms with Crippen LogP contribution in [0.1, 0.15) is 27.4 Å². The summed E-state index contributed by atoms with van der Waals surface area (Å²) in [4.78, 5) is 25.8. The van der Waals surface area contributed by atoms with Crippen LogP contribution in [0.5, 0.6) is 0 Å². The lowest BCUT2D eigenvalue weighted by Crippen LogP contribution is -2.18. The second-order valence-corrected chi connectivity index (χ2v) is 11.1. The Balaban J connectivity index is 1.52. The number of hydrogen-bond acceptors (Lipinski definition) is 2. The first-order valence-electron chi connectivity index (χ1n) is 10.1. The molecule has 35 heavy (non-hydrogen) atoms. The third-order valence-electron chi connectivity index (χ3n) is 5.62. The molecule has 2 N–H and O–H groups in total. The van der Waals surface area contributed by atoms with E-state index in [-0.39, 0.29) is 25.7 Å². The van der Waals surface area contributed by atoms with E-state index in [9.17, 15) is 14.0 Å². The number of nitrogens with one attached hydrogen (secondary N) is 2. The van der Waals surface area contributed by atoms with E-state index >= 15 is 0 Å². The van der Waals surface area contributed by atoms with Gasteiger partial charge in [-0.05, 0) is 66.6 Å². The first-order valence-corrected chi connectivity index (χ1v) is 12.4. The van der Waals surface area contributed by atoms with Crippen LogP contribution in [0.25, 0.3) is 0 Å². The van der Waals surface area contributed by atoms with Crippen molar-refractivity contribution in [2.24, 2.45) is 5.92 Å². The molecule has 1 fully saturated rings. The van der Waals surface area contributed by atoms with E-state index in [4.69, 9.17) is 69.6 Å². The zero-order valence-electron chi connectivity index (χ0n) is 17.7. The van der Waals surface area contributed by atoms with Gasteiger partial charge in [0.15, 0.2) is 0 Å². The average Bonchev–Trinajstić information content (AvgIpc) is 3.37. The number of anilines is 2. The van der Waals surface area contributed by atoms with Crippen molar-refractivity contribution in [2.45, 2.75) is 17.2 Å². The van der Waals surface area contributed by atoms with E-state index in [2.05, 4.69) is 10.6 Å². The number of halogens is 7. The molecule has 0 aliphatic heterocycles. The summed E-state index contributed by atoms with van der Waals surface area (Å²) in [7, 11) is 0. The predicted octanol–water partition coefficient (Wildman–Crippen LogP) is 8.53. The summed E-state index contributed by atoms with van der Waals surface area (Å²) in [6.07, 6.45) is 0. The fourth-order valence-electron chi connectivity index (χ4n) is 3.78. The number of carbonyl (C=O) groups is 2. The Morgan fingerprint density at radius 3 is 2.17 bits per heavy atom. The third-order valence-corrected chi connectivity index (χ3v) is 8.08. The molecule has 2 amide bonds. The van der Waals surface area contributed by atoms with Crippen molar-refractivity contribution < 1.29 is 14.0 Å². The minimum atomic E-state index is -1.39. The summed E-state index contributed by atoms with van der Waals surface area (Å²) in [6.45, 7) is 1.66. The third kappa shape index (κ3) is 5.36. The van der Waals surface area contributed by atoms with Crippen molar-refractivity contribution >= 4 is 92.8 Å². The molecular formula is C24H15Cl6FN2O2. The Labute approximate surface area is 230 Å². The van der Waals surface area contributed by atoms with Crippen molar-refractivity contribution in [3.8, 4) is 0 Å². The smallest absolute Gasteiger partial charge is 0.257 e. The molecule has 0 bridgehead atoms. The lowest BCUT2D eigenvalue weighted by Gasteiger charge is -2.12. The minimum absolute atomic E-state index is 0.111. The van der Waals surface area contributed by atoms with Crippen molar-refractivity contribution in [3.63, 3.8) is 0 Å². The number of aryl methyl sites for hydroxylation is 1. The molecule has 1 aliphatic carbocycles. The monoisotopic (exact) mass is 592 g/mol. The van der Waals surface area contributed by atoms with Crippen LogP contribution in [0.3, 0.4) is 0 Å². The van der Waals surface area contributed by atoms with Crippen LogP contribution in [0.2, 0.25) is 20.1 Å². The van der Waals surface area contributed by atoms with Crippen molar-refractivity contribution in [1.29, 1.82) is 0 Å². The molecule has 0 saturated heterocycles. The molecular weight excluding hydrogens is 580 g/mol. The molecule has 4 rings (SSSR count). The predicted molar refractivity (Wildman–Crippen MR) is 141 cm³/mol. The number of rotatable bonds is 5. The summed E-state index contributed by atoms with van der Waals surface area (Å²) in [5, 5.41) is 6.19. The van der Waals surface area contributed by atoms with Crippen LogP contribution < -0.4 is 10.6 Å². The van der Waals surface area contributed by atoms with Crippen molar-refractivity contribution in [3.05, 3.63) is 91.1 Å². The number of hydrogen-bond donors (Lipinski definition) is 2. The molecule has 0 radical (unpaired) electrons. The van der Waals surface area contributed by atoms with E-state index in [0.717, 1.165) is 0 Å². The van der Waals surface area contributed by atoms with Gasteiger partial charge in [0.05, 0.1) is 31.6 Å². The van der Waals surface area contributed by atoms with Gasteiger partial charge in [-0.15, -0.1) is 23.2 Å². The van der Waals surface area contributed by atoms with Crippen LogP contribution in [0.15, 0.2) is 48.5 Å². The van der Waals surface area contributed by atoms with Gasteiger partial charge in [-0.25, -0.2) is 4.39 Å². The van der Waals surface area contributed by atoms with E-state index in [1.54, 1.807) is 19.1 Å². The molecule has 3 aromatic rings. The Bertz CT molecular complexity index is 1340. The Morgan fingerprint density at radius 1 is 0.886 bits per heavy atom. The van der Waals surface area contributed by atoms with Gasteiger partial charge in [-0.3, -0.25) is 9.59 Å². The van der Waals surface area contributed by atoms with Crippen LogP contribution in [-0.4, -0.2) is 16.1 Å². The number of carbonyl (C=O) groups excluding carboxylic acids is 2. The fourth-order valence-corrected chi connectivity index (χ4v) is 5.42. The second-order valence-electron chi connectivity index (χ2n) is 8.03. The van der Waals surface area contributed by atoms with Gasteiger partial charge in [0.1, 0.15) is 10.2 Å². The topological polar surface area (TPSA) is 58.2 Å². The maximum absolute atomic E-state index is 13.4. The van der Waals surface area contributed by atoms with Crippen molar-refractivity contribution in [1.82, 2.24) is 0 Å². The van der Waals surface area contributed by atoms with Gasteiger partial charge in [0, 0.05) is 17.3 Å². The number of alkyl halides is 2. The highest BCUT2D eigenvalue weighted by molar-refractivity contribution is 6.54. The van der Waals surface area contributed by atoms with E-state index in [1.807, 2.05) is 0 Å². The summed E-state index contributed by atoms with van der Waals surface area (Å²) < 4.78 is 12.0. The van der Waals surface area contributed by atoms with E-state index in [1.165, 1.54) is 36.4 Å². The Hall–Kier alpha value is -1.73. The molecule has 3 aromatic carbocycles. The first kappa shape index (κ1) is 26.3. The number of benzene rings is 3. The summed E-state index contributed by atoms with van der Waals surface area (Å²) in [6, 6.07) is 11.5. The molecule has 0 heterocycles. The van der Waals surface area contributed by atoms with Gasteiger partial charge >= 0.3 is 0 Å². The largest absolute Gasteiger partial charge is 0.326 e. The highest BCUT2D eigenvalue weighted by Crippen LogP contribution is 2.65. The fraction of sp³-hybridized carbons (Fsp3) is 0.167. The molecule has 0 aromatic heterocycles. The van der Waals surface area contributed by atoms with Gasteiger partial charge in [-0.1, -0.05) is 46.4 Å². The first-order chi connectivity index (χ1) is 16.4. The second kappa shape index (κ2) is 9.97. The molecule has 0 spiro atoms. The molecule has 2 unspecified atom stereocenters. The van der Waals surface area contributed by atoms with Crippen LogP contribution in [0.4, 0.5) is 15.8 Å². The SMILES string of the molecule is Cc1cc(F)ccc1NC(=O)c1cc(NC(=O)C2C(c3cc(Cl)c(Cl)c(Cl)c3)C2(Cl)Cl)ccc1Cl. The molecule has 4 nitrogen and oxygen atoms in total. The van der Waals surface area contributed by atoms with Gasteiger partial charge in [0.2, 0.25) is 5.91 Å². The molecule has 1 saturated carbocycles.